The zero-order valence-corrected chi connectivity index (χ0v) is 18.7. The summed E-state index contributed by atoms with van der Waals surface area (Å²) in [5.74, 6) is 10.7. The molecule has 2 aromatic rings. The van der Waals surface area contributed by atoms with Crippen molar-refractivity contribution < 1.29 is 0 Å². The number of rotatable bonds is 5. The summed E-state index contributed by atoms with van der Waals surface area (Å²) in [6, 6.07) is 8.85. The number of hydrogen-bond acceptors (Lipinski definition) is 2. The zero-order valence-electron chi connectivity index (χ0n) is 17.8. The van der Waals surface area contributed by atoms with Crippen LogP contribution in [0.3, 0.4) is 0 Å². The number of unbranched alkanes of at least 4 members (excludes halogenated alkanes) is 1. The molecule has 152 valence electrons. The summed E-state index contributed by atoms with van der Waals surface area (Å²) in [4.78, 5) is 0.963. The first-order valence-corrected chi connectivity index (χ1v) is 11.8. The van der Waals surface area contributed by atoms with Crippen LogP contribution < -0.4 is 10.6 Å². The standard InChI is InChI=1S/C26H31N2S/c1-6-8-9-13-24-23(7-2)25(18-19(3)4)28(21-11-10-12-21)26(24)20-14-16-22(17-15-20)29(5)27/h7,14-18,21,27H,3,5-6,8,10-12H2,1-2,4H3/q-1. The molecule has 0 unspecified atom stereocenters. The van der Waals surface area contributed by atoms with Gasteiger partial charge in [0.15, 0.2) is 0 Å². The Morgan fingerprint density at radius 1 is 1.31 bits per heavy atom. The second-order valence-corrected chi connectivity index (χ2v) is 8.98. The van der Waals surface area contributed by atoms with Crippen molar-refractivity contribution in [2.45, 2.75) is 63.8 Å². The molecule has 1 saturated carbocycles. The monoisotopic (exact) mass is 403 g/mol. The third-order valence-electron chi connectivity index (χ3n) is 5.39. The number of nitrogens with zero attached hydrogens (tertiary/aromatic N) is 1. The summed E-state index contributed by atoms with van der Waals surface area (Å²) >= 11 is 0. The highest BCUT2D eigenvalue weighted by Gasteiger charge is 2.25. The quantitative estimate of drug-likeness (QED) is 0.396. The van der Waals surface area contributed by atoms with Crippen molar-refractivity contribution in [3.8, 4) is 23.1 Å². The number of benzene rings is 1. The van der Waals surface area contributed by atoms with E-state index in [1.165, 1.54) is 35.5 Å². The third-order valence-corrected chi connectivity index (χ3v) is 6.24. The van der Waals surface area contributed by atoms with Gasteiger partial charge in [-0.1, -0.05) is 61.3 Å². The summed E-state index contributed by atoms with van der Waals surface area (Å²) in [5, 5.41) is 2.43. The molecule has 3 rings (SSSR count). The molecule has 1 aliphatic carbocycles. The second kappa shape index (κ2) is 9.37. The van der Waals surface area contributed by atoms with Crippen LogP contribution in [0.4, 0.5) is 0 Å². The lowest BCUT2D eigenvalue weighted by Gasteiger charge is -2.30. The summed E-state index contributed by atoms with van der Waals surface area (Å²) in [6.07, 6.45) is 10.0. The van der Waals surface area contributed by atoms with Crippen LogP contribution in [0, 0.1) is 16.6 Å². The largest absolute Gasteiger partial charge is 0.447 e. The third kappa shape index (κ3) is 4.43. The molecule has 1 heterocycles. The molecule has 0 radical (unpaired) electrons. The first kappa shape index (κ1) is 21.3. The van der Waals surface area contributed by atoms with Crippen LogP contribution in [-0.2, 0) is 10.3 Å². The van der Waals surface area contributed by atoms with Gasteiger partial charge in [0.05, 0.1) is 11.3 Å². The Labute approximate surface area is 177 Å². The van der Waals surface area contributed by atoms with Crippen molar-refractivity contribution in [1.29, 1.82) is 4.78 Å². The van der Waals surface area contributed by atoms with Crippen molar-refractivity contribution in [3.63, 3.8) is 0 Å². The number of hydrogen-bond donors (Lipinski definition) is 1. The summed E-state index contributed by atoms with van der Waals surface area (Å²) in [6.45, 7) is 10.5. The van der Waals surface area contributed by atoms with E-state index in [9.17, 15) is 0 Å². The highest BCUT2D eigenvalue weighted by molar-refractivity contribution is 7.83. The molecular weight excluding hydrogens is 372 g/mol. The molecule has 1 fully saturated rings. The number of aromatic nitrogens is 1. The fourth-order valence-electron chi connectivity index (χ4n) is 3.79. The van der Waals surface area contributed by atoms with Crippen LogP contribution >= 0.6 is 0 Å². The maximum atomic E-state index is 7.91. The van der Waals surface area contributed by atoms with Gasteiger partial charge in [0.2, 0.25) is 0 Å². The van der Waals surface area contributed by atoms with E-state index in [1.54, 1.807) is 0 Å². The Morgan fingerprint density at radius 2 is 2.00 bits per heavy atom. The lowest BCUT2D eigenvalue weighted by Crippen LogP contribution is -2.34. The van der Waals surface area contributed by atoms with E-state index in [0.717, 1.165) is 34.4 Å². The van der Waals surface area contributed by atoms with Gasteiger partial charge in [-0.05, 0) is 51.2 Å². The highest BCUT2D eigenvalue weighted by Crippen LogP contribution is 2.35. The van der Waals surface area contributed by atoms with E-state index in [2.05, 4.69) is 73.9 Å². The Kier molecular flexibility index (Phi) is 6.87. The minimum Gasteiger partial charge on any atom is -0.447 e. The van der Waals surface area contributed by atoms with Crippen molar-refractivity contribution in [2.75, 3.05) is 0 Å². The van der Waals surface area contributed by atoms with Gasteiger partial charge < -0.3 is 19.6 Å². The van der Waals surface area contributed by atoms with Crippen molar-refractivity contribution in [1.82, 2.24) is 4.57 Å². The molecule has 0 amide bonds. The molecule has 1 aromatic heterocycles. The summed E-state index contributed by atoms with van der Waals surface area (Å²) < 4.78 is 10.4. The normalized spacial score (nSPS) is 15.3. The van der Waals surface area contributed by atoms with E-state index < -0.39 is 10.3 Å². The molecule has 0 bridgehead atoms. The summed E-state index contributed by atoms with van der Waals surface area (Å²) in [7, 11) is -0.727. The minimum absolute atomic E-state index is 0.509. The maximum Gasteiger partial charge on any atom is 0.0653 e. The lowest BCUT2D eigenvalue weighted by atomic mass is 9.92. The van der Waals surface area contributed by atoms with Gasteiger partial charge in [-0.3, -0.25) is 0 Å². The van der Waals surface area contributed by atoms with Crippen LogP contribution in [0.25, 0.3) is 23.4 Å². The van der Waals surface area contributed by atoms with E-state index in [1.807, 2.05) is 12.1 Å². The van der Waals surface area contributed by atoms with Gasteiger partial charge in [-0.15, -0.1) is 4.90 Å². The van der Waals surface area contributed by atoms with Gasteiger partial charge in [0.25, 0.3) is 0 Å². The van der Waals surface area contributed by atoms with Crippen LogP contribution in [0.2, 0.25) is 0 Å². The average molecular weight is 404 g/mol. The van der Waals surface area contributed by atoms with Gasteiger partial charge in [-0.2, -0.15) is 0 Å². The summed E-state index contributed by atoms with van der Waals surface area (Å²) in [5.41, 5.74) is 4.54. The Hall–Kier alpha value is -2.44. The minimum atomic E-state index is -0.727. The molecule has 1 N–H and O–H groups in total. The molecule has 2 nitrogen and oxygen atoms in total. The van der Waals surface area contributed by atoms with E-state index in [0.29, 0.717) is 6.04 Å². The Morgan fingerprint density at radius 3 is 2.48 bits per heavy atom. The molecular formula is C26H31N2S-. The second-order valence-electron chi connectivity index (χ2n) is 7.72. The maximum absolute atomic E-state index is 7.91. The molecule has 0 spiro atoms. The molecule has 29 heavy (non-hydrogen) atoms. The fourth-order valence-corrected chi connectivity index (χ4v) is 4.25. The predicted molar refractivity (Wildman–Crippen MR) is 129 cm³/mol. The Bertz CT molecular complexity index is 1150. The first-order valence-electron chi connectivity index (χ1n) is 10.4. The molecule has 0 saturated heterocycles. The van der Waals surface area contributed by atoms with E-state index in [-0.39, 0.29) is 0 Å². The van der Waals surface area contributed by atoms with Crippen LogP contribution in [0.5, 0.6) is 0 Å². The van der Waals surface area contributed by atoms with Gasteiger partial charge >= 0.3 is 0 Å². The van der Waals surface area contributed by atoms with E-state index >= 15 is 0 Å². The van der Waals surface area contributed by atoms with Gasteiger partial charge in [0, 0.05) is 23.0 Å². The van der Waals surface area contributed by atoms with Crippen LogP contribution in [0.1, 0.15) is 64.5 Å². The smallest absolute Gasteiger partial charge is 0.0653 e. The first-order chi connectivity index (χ1) is 14.0. The highest BCUT2D eigenvalue weighted by atomic mass is 32.2. The zero-order chi connectivity index (χ0) is 21.0. The molecule has 1 aromatic carbocycles. The molecule has 3 heteroatoms. The topological polar surface area (TPSA) is 28.8 Å². The molecule has 0 atom stereocenters. The fraction of sp³-hybridized carbons (Fsp3) is 0.346. The number of nitrogens with one attached hydrogen (secondary N) is 1. The average Bonchev–Trinajstić information content (AvgIpc) is 2.93. The van der Waals surface area contributed by atoms with Crippen LogP contribution in [0.15, 0.2) is 41.3 Å². The van der Waals surface area contributed by atoms with E-state index in [4.69, 9.17) is 4.78 Å². The predicted octanol–water partition coefficient (Wildman–Crippen LogP) is 5.36. The van der Waals surface area contributed by atoms with Crippen molar-refractivity contribution >= 4 is 28.3 Å². The molecule has 1 aliphatic rings. The SMILES string of the molecule is C=C(C)C=c1c(=CC)c(C#CCCC)c(-c2ccc([S-](=C)=N)cc2)n1C1CCC1. The van der Waals surface area contributed by atoms with Crippen molar-refractivity contribution in [3.05, 3.63) is 52.5 Å². The molecule has 0 aliphatic heterocycles. The van der Waals surface area contributed by atoms with Crippen molar-refractivity contribution in [2.24, 2.45) is 0 Å². The van der Waals surface area contributed by atoms with Gasteiger partial charge in [0.1, 0.15) is 0 Å². The van der Waals surface area contributed by atoms with Crippen LogP contribution in [-0.4, -0.2) is 10.4 Å². The Balaban J connectivity index is 2.39. The lowest BCUT2D eigenvalue weighted by molar-refractivity contribution is 0.312. The number of allylic oxidation sites excluding steroid dienone is 1. The van der Waals surface area contributed by atoms with Gasteiger partial charge in [-0.25, -0.2) is 5.87 Å².